The molecule has 0 saturated carbocycles. The van der Waals surface area contributed by atoms with Gasteiger partial charge in [-0.2, -0.15) is 0 Å². The first kappa shape index (κ1) is 11.7. The number of benzene rings is 1. The topological polar surface area (TPSA) is 29.1 Å². The molecule has 0 aliphatic heterocycles. The second kappa shape index (κ2) is 4.43. The highest BCUT2D eigenvalue weighted by Gasteiger charge is 2.20. The van der Waals surface area contributed by atoms with Gasteiger partial charge >= 0.3 is 0 Å². The van der Waals surface area contributed by atoms with Gasteiger partial charge in [0.05, 0.1) is 0 Å². The minimum absolute atomic E-state index is 0.0554. The van der Waals surface area contributed by atoms with Crippen LogP contribution in [0.1, 0.15) is 26.3 Å². The lowest BCUT2D eigenvalue weighted by Crippen LogP contribution is -2.34. The molecule has 0 aliphatic carbocycles. The van der Waals surface area contributed by atoms with Gasteiger partial charge in [0, 0.05) is 12.0 Å². The maximum absolute atomic E-state index is 12.8. The average molecular weight is 208 g/mol. The van der Waals surface area contributed by atoms with Gasteiger partial charge in [-0.1, -0.05) is 26.8 Å². The SMILES string of the molecule is CC(C)(C)C(=O)NCc1[c]ccc(F)c1. The van der Waals surface area contributed by atoms with Crippen molar-refractivity contribution in [2.24, 2.45) is 5.41 Å². The Morgan fingerprint density at radius 1 is 1.53 bits per heavy atom. The zero-order valence-corrected chi connectivity index (χ0v) is 9.23. The van der Waals surface area contributed by atoms with Crippen molar-refractivity contribution in [1.82, 2.24) is 5.32 Å². The van der Waals surface area contributed by atoms with Crippen LogP contribution in [0.15, 0.2) is 18.2 Å². The van der Waals surface area contributed by atoms with E-state index >= 15 is 0 Å². The summed E-state index contributed by atoms with van der Waals surface area (Å²) in [6.07, 6.45) is 0. The Labute approximate surface area is 89.5 Å². The molecule has 0 atom stereocenters. The lowest BCUT2D eigenvalue weighted by molar-refractivity contribution is -0.128. The number of carbonyl (C=O) groups is 1. The third kappa shape index (κ3) is 3.70. The highest BCUT2D eigenvalue weighted by molar-refractivity contribution is 5.81. The van der Waals surface area contributed by atoms with Crippen molar-refractivity contribution in [2.75, 3.05) is 0 Å². The first-order valence-corrected chi connectivity index (χ1v) is 4.84. The van der Waals surface area contributed by atoms with Crippen LogP contribution >= 0.6 is 0 Å². The normalized spacial score (nSPS) is 11.2. The molecule has 3 heteroatoms. The Morgan fingerprint density at radius 2 is 2.20 bits per heavy atom. The Bertz CT molecular complexity index is 355. The largest absolute Gasteiger partial charge is 0.352 e. The van der Waals surface area contributed by atoms with Gasteiger partial charge in [-0.3, -0.25) is 4.79 Å². The monoisotopic (exact) mass is 208 g/mol. The highest BCUT2D eigenvalue weighted by atomic mass is 19.1. The highest BCUT2D eigenvalue weighted by Crippen LogP contribution is 2.13. The van der Waals surface area contributed by atoms with E-state index in [1.165, 1.54) is 18.2 Å². The molecule has 81 valence electrons. The summed E-state index contributed by atoms with van der Waals surface area (Å²) in [6, 6.07) is 7.06. The van der Waals surface area contributed by atoms with E-state index in [0.717, 1.165) is 0 Å². The number of carbonyl (C=O) groups excluding carboxylic acids is 1. The Kier molecular flexibility index (Phi) is 3.45. The quantitative estimate of drug-likeness (QED) is 0.793. The van der Waals surface area contributed by atoms with Gasteiger partial charge in [-0.05, 0) is 23.8 Å². The molecule has 1 radical (unpaired) electrons. The fourth-order valence-electron chi connectivity index (χ4n) is 1.03. The van der Waals surface area contributed by atoms with Crippen LogP contribution in [0.4, 0.5) is 4.39 Å². The van der Waals surface area contributed by atoms with Crippen molar-refractivity contribution >= 4 is 5.91 Å². The van der Waals surface area contributed by atoms with Crippen molar-refractivity contribution in [1.29, 1.82) is 0 Å². The van der Waals surface area contributed by atoms with E-state index in [1.807, 2.05) is 20.8 Å². The van der Waals surface area contributed by atoms with Gasteiger partial charge < -0.3 is 5.32 Å². The van der Waals surface area contributed by atoms with Gasteiger partial charge in [0.2, 0.25) is 5.91 Å². The average Bonchev–Trinajstić information content (AvgIpc) is 2.12. The molecule has 0 aromatic heterocycles. The van der Waals surface area contributed by atoms with E-state index in [0.29, 0.717) is 12.1 Å². The van der Waals surface area contributed by atoms with Gasteiger partial charge in [-0.25, -0.2) is 4.39 Å². The van der Waals surface area contributed by atoms with Crippen molar-refractivity contribution in [3.05, 3.63) is 35.6 Å². The first-order valence-electron chi connectivity index (χ1n) is 4.84. The molecule has 0 fully saturated rings. The molecule has 0 bridgehead atoms. The second-order valence-corrected chi connectivity index (χ2v) is 4.46. The molecule has 1 rings (SSSR count). The number of hydrogen-bond donors (Lipinski definition) is 1. The van der Waals surface area contributed by atoms with E-state index in [4.69, 9.17) is 0 Å². The molecule has 15 heavy (non-hydrogen) atoms. The van der Waals surface area contributed by atoms with E-state index in [9.17, 15) is 9.18 Å². The molecule has 0 heterocycles. The zero-order chi connectivity index (χ0) is 11.5. The van der Waals surface area contributed by atoms with E-state index < -0.39 is 5.41 Å². The molecule has 0 unspecified atom stereocenters. The predicted molar refractivity (Wildman–Crippen MR) is 56.5 cm³/mol. The van der Waals surface area contributed by atoms with Crippen molar-refractivity contribution in [3.8, 4) is 0 Å². The standard InChI is InChI=1S/C12H15FNO/c1-12(2,3)11(15)14-8-9-5-4-6-10(13)7-9/h4,6-7H,8H2,1-3H3,(H,14,15). The third-order valence-corrected chi connectivity index (χ3v) is 1.94. The lowest BCUT2D eigenvalue weighted by Gasteiger charge is -2.17. The van der Waals surface area contributed by atoms with Gasteiger partial charge in [0.1, 0.15) is 5.82 Å². The lowest BCUT2D eigenvalue weighted by atomic mass is 9.95. The summed E-state index contributed by atoms with van der Waals surface area (Å²) in [5.74, 6) is -0.367. The number of hydrogen-bond acceptors (Lipinski definition) is 1. The Balaban J connectivity index is 2.55. The van der Waals surface area contributed by atoms with Crippen molar-refractivity contribution < 1.29 is 9.18 Å². The van der Waals surface area contributed by atoms with E-state index in [1.54, 1.807) is 0 Å². The summed E-state index contributed by atoms with van der Waals surface area (Å²) in [5.41, 5.74) is 0.223. The van der Waals surface area contributed by atoms with Crippen LogP contribution in [0.3, 0.4) is 0 Å². The van der Waals surface area contributed by atoms with E-state index in [2.05, 4.69) is 11.4 Å². The molecule has 0 spiro atoms. The van der Waals surface area contributed by atoms with Gasteiger partial charge in [0.25, 0.3) is 0 Å². The number of halogens is 1. The molecule has 1 N–H and O–H groups in total. The van der Waals surface area contributed by atoms with Gasteiger partial charge in [-0.15, -0.1) is 0 Å². The minimum atomic E-state index is -0.423. The molecule has 1 aromatic carbocycles. The predicted octanol–water partition coefficient (Wildman–Crippen LogP) is 2.29. The van der Waals surface area contributed by atoms with Crippen LogP contribution in [0, 0.1) is 17.3 Å². The van der Waals surface area contributed by atoms with E-state index in [-0.39, 0.29) is 11.7 Å². The van der Waals surface area contributed by atoms with Crippen LogP contribution < -0.4 is 5.32 Å². The fraction of sp³-hybridized carbons (Fsp3) is 0.417. The van der Waals surface area contributed by atoms with Crippen molar-refractivity contribution in [2.45, 2.75) is 27.3 Å². The molecule has 0 aliphatic rings. The van der Waals surface area contributed by atoms with Gasteiger partial charge in [0.15, 0.2) is 0 Å². The Morgan fingerprint density at radius 3 is 2.73 bits per heavy atom. The van der Waals surface area contributed by atoms with Crippen LogP contribution in [0.5, 0.6) is 0 Å². The summed E-state index contributed by atoms with van der Waals surface area (Å²) < 4.78 is 12.8. The van der Waals surface area contributed by atoms with Crippen LogP contribution in [-0.2, 0) is 11.3 Å². The summed E-state index contributed by atoms with van der Waals surface area (Å²) >= 11 is 0. The maximum Gasteiger partial charge on any atom is 0.225 e. The smallest absolute Gasteiger partial charge is 0.225 e. The summed E-state index contributed by atoms with van der Waals surface area (Å²) in [5, 5.41) is 2.73. The van der Waals surface area contributed by atoms with Crippen LogP contribution in [-0.4, -0.2) is 5.91 Å². The summed E-state index contributed by atoms with van der Waals surface area (Å²) in [4.78, 5) is 11.5. The maximum atomic E-state index is 12.8. The number of rotatable bonds is 2. The zero-order valence-electron chi connectivity index (χ0n) is 9.23. The molecule has 1 aromatic rings. The molecule has 1 amide bonds. The second-order valence-electron chi connectivity index (χ2n) is 4.46. The fourth-order valence-corrected chi connectivity index (χ4v) is 1.03. The summed E-state index contributed by atoms with van der Waals surface area (Å²) in [7, 11) is 0. The molecule has 0 saturated heterocycles. The number of amides is 1. The molecular formula is C12H15FNO. The minimum Gasteiger partial charge on any atom is -0.352 e. The van der Waals surface area contributed by atoms with Crippen LogP contribution in [0.2, 0.25) is 0 Å². The molecule has 2 nitrogen and oxygen atoms in total. The third-order valence-electron chi connectivity index (χ3n) is 1.94. The Hall–Kier alpha value is -1.38. The van der Waals surface area contributed by atoms with Crippen molar-refractivity contribution in [3.63, 3.8) is 0 Å². The van der Waals surface area contributed by atoms with Crippen LogP contribution in [0.25, 0.3) is 0 Å². The molecular weight excluding hydrogens is 193 g/mol. The summed E-state index contributed by atoms with van der Waals surface area (Å²) in [6.45, 7) is 5.81. The first-order chi connectivity index (χ1) is 6.89. The number of nitrogens with one attached hydrogen (secondary N) is 1.